The van der Waals surface area contributed by atoms with Crippen LogP contribution in [-0.4, -0.2) is 34.2 Å². The van der Waals surface area contributed by atoms with Gasteiger partial charge in [-0.1, -0.05) is 75.4 Å². The topological polar surface area (TPSA) is 79.4 Å². The number of rotatable bonds is 6. The number of amides is 3. The lowest BCUT2D eigenvalue weighted by atomic mass is 9.62. The zero-order valence-electron chi connectivity index (χ0n) is 20.2. The summed E-state index contributed by atoms with van der Waals surface area (Å²) in [4.78, 5) is 44.6. The summed E-state index contributed by atoms with van der Waals surface area (Å²) < 4.78 is 0. The van der Waals surface area contributed by atoms with E-state index < -0.39 is 5.41 Å². The number of benzene rings is 2. The lowest BCUT2D eigenvalue weighted by molar-refractivity contribution is -0.167. The number of imide groups is 1. The minimum absolute atomic E-state index is 0.0569. The molecule has 1 aliphatic heterocycles. The summed E-state index contributed by atoms with van der Waals surface area (Å²) >= 11 is 1.36. The number of thiazole rings is 1. The predicted octanol–water partition coefficient (Wildman–Crippen LogP) is 5.62. The van der Waals surface area contributed by atoms with Gasteiger partial charge in [0.25, 0.3) is 0 Å². The third-order valence-corrected chi connectivity index (χ3v) is 8.87. The summed E-state index contributed by atoms with van der Waals surface area (Å²) in [6.07, 6.45) is 1.50. The van der Waals surface area contributed by atoms with Crippen molar-refractivity contribution in [2.75, 3.05) is 11.9 Å². The molecule has 2 bridgehead atoms. The summed E-state index contributed by atoms with van der Waals surface area (Å²) in [6.45, 7) is 6.09. The number of hydrogen-bond donors (Lipinski definition) is 1. The molecule has 2 heterocycles. The molecule has 35 heavy (non-hydrogen) atoms. The first-order valence-electron chi connectivity index (χ1n) is 12.0. The van der Waals surface area contributed by atoms with Gasteiger partial charge in [-0.05, 0) is 29.4 Å². The first kappa shape index (κ1) is 23.4. The fraction of sp³-hybridized carbons (Fsp3) is 0.357. The highest BCUT2D eigenvalue weighted by Crippen LogP contribution is 2.60. The van der Waals surface area contributed by atoms with Crippen LogP contribution in [0.5, 0.6) is 0 Å². The quantitative estimate of drug-likeness (QED) is 0.458. The van der Waals surface area contributed by atoms with E-state index in [0.29, 0.717) is 11.6 Å². The molecule has 2 fully saturated rings. The number of nitrogens with zero attached hydrogens (tertiary/aromatic N) is 2. The SMILES string of the molecule is CC12CCC(C(=O)N(CCC(=O)Nc3nc(-c4ccc(-c5ccccc5)cc4)cs3)C1=O)C2(C)C. The molecule has 5 rings (SSSR count). The van der Waals surface area contributed by atoms with Gasteiger partial charge in [0.1, 0.15) is 0 Å². The zero-order valence-corrected chi connectivity index (χ0v) is 21.0. The second-order valence-electron chi connectivity index (χ2n) is 10.2. The van der Waals surface area contributed by atoms with Crippen LogP contribution < -0.4 is 5.32 Å². The predicted molar refractivity (Wildman–Crippen MR) is 138 cm³/mol. The van der Waals surface area contributed by atoms with Gasteiger partial charge >= 0.3 is 0 Å². The molecule has 3 aromatic rings. The van der Waals surface area contributed by atoms with Crippen LogP contribution in [-0.2, 0) is 14.4 Å². The molecule has 2 atom stereocenters. The van der Waals surface area contributed by atoms with E-state index in [4.69, 9.17) is 0 Å². The Balaban J connectivity index is 1.20. The lowest BCUT2D eigenvalue weighted by Gasteiger charge is -2.47. The van der Waals surface area contributed by atoms with E-state index in [-0.39, 0.29) is 42.0 Å². The molecule has 0 radical (unpaired) electrons. The van der Waals surface area contributed by atoms with Crippen LogP contribution in [0.2, 0.25) is 0 Å². The molecule has 1 saturated heterocycles. The van der Waals surface area contributed by atoms with Gasteiger partial charge in [0.2, 0.25) is 17.7 Å². The van der Waals surface area contributed by atoms with E-state index >= 15 is 0 Å². The number of carbonyl (C=O) groups excluding carboxylic acids is 3. The van der Waals surface area contributed by atoms with Gasteiger partial charge < -0.3 is 5.32 Å². The van der Waals surface area contributed by atoms with Crippen molar-refractivity contribution in [3.8, 4) is 22.4 Å². The van der Waals surface area contributed by atoms with Crippen LogP contribution in [0.25, 0.3) is 22.4 Å². The van der Waals surface area contributed by atoms with Crippen LogP contribution in [0.4, 0.5) is 5.13 Å². The summed E-state index contributed by atoms with van der Waals surface area (Å²) in [5, 5.41) is 5.23. The summed E-state index contributed by atoms with van der Waals surface area (Å²) in [5.74, 6) is -0.709. The standard InChI is InChI=1S/C28H29N3O3S/c1-27(2)21-13-15-28(27,3)25(34)31(24(21)33)16-14-23(32)30-26-29-22(17-35-26)20-11-9-19(10-12-20)18-7-5-4-6-8-18/h4-12,17,21H,13-16H2,1-3H3,(H,29,30,32). The van der Waals surface area contributed by atoms with E-state index in [1.54, 1.807) is 0 Å². The number of nitrogens with one attached hydrogen (secondary N) is 1. The molecular formula is C28H29N3O3S. The van der Waals surface area contributed by atoms with Crippen molar-refractivity contribution < 1.29 is 14.4 Å². The zero-order chi connectivity index (χ0) is 24.8. The molecular weight excluding hydrogens is 458 g/mol. The van der Waals surface area contributed by atoms with Gasteiger partial charge in [-0.15, -0.1) is 11.3 Å². The second kappa shape index (κ2) is 8.72. The summed E-state index contributed by atoms with van der Waals surface area (Å²) in [7, 11) is 0. The van der Waals surface area contributed by atoms with Gasteiger partial charge in [0.05, 0.1) is 11.1 Å². The molecule has 180 valence electrons. The number of fused-ring (bicyclic) bond motifs is 2. The first-order chi connectivity index (χ1) is 16.7. The molecule has 2 aromatic carbocycles. The van der Waals surface area contributed by atoms with Crippen LogP contribution in [0.1, 0.15) is 40.0 Å². The molecule has 2 unspecified atom stereocenters. The van der Waals surface area contributed by atoms with Crippen molar-refractivity contribution in [2.45, 2.75) is 40.0 Å². The van der Waals surface area contributed by atoms with Crippen molar-refractivity contribution in [2.24, 2.45) is 16.7 Å². The van der Waals surface area contributed by atoms with E-state index in [1.165, 1.54) is 16.2 Å². The normalized spacial score (nSPS) is 22.9. The third kappa shape index (κ3) is 3.97. The second-order valence-corrected chi connectivity index (χ2v) is 11.1. The van der Waals surface area contributed by atoms with Crippen molar-refractivity contribution in [3.05, 3.63) is 60.0 Å². The number of carbonyl (C=O) groups is 3. The van der Waals surface area contributed by atoms with Crippen molar-refractivity contribution in [1.82, 2.24) is 9.88 Å². The van der Waals surface area contributed by atoms with Gasteiger partial charge in [-0.25, -0.2) is 4.98 Å². The number of hydrogen-bond acceptors (Lipinski definition) is 5. The Bertz CT molecular complexity index is 1280. The maximum absolute atomic E-state index is 13.1. The Hall–Kier alpha value is -3.32. The molecule has 2 aliphatic rings. The Morgan fingerprint density at radius 2 is 1.69 bits per heavy atom. The highest BCUT2D eigenvalue weighted by Gasteiger charge is 2.64. The van der Waals surface area contributed by atoms with Crippen molar-refractivity contribution >= 4 is 34.2 Å². The van der Waals surface area contributed by atoms with Gasteiger partial charge in [0.15, 0.2) is 5.13 Å². The van der Waals surface area contributed by atoms with E-state index in [2.05, 4.69) is 34.6 Å². The lowest BCUT2D eigenvalue weighted by Crippen LogP contribution is -2.59. The third-order valence-electron chi connectivity index (χ3n) is 8.11. The Morgan fingerprint density at radius 3 is 2.40 bits per heavy atom. The number of anilines is 1. The van der Waals surface area contributed by atoms with E-state index in [0.717, 1.165) is 28.8 Å². The smallest absolute Gasteiger partial charge is 0.235 e. The Labute approximate surface area is 209 Å². The maximum atomic E-state index is 13.1. The molecule has 1 aromatic heterocycles. The van der Waals surface area contributed by atoms with Crippen molar-refractivity contribution in [3.63, 3.8) is 0 Å². The summed E-state index contributed by atoms with van der Waals surface area (Å²) in [6, 6.07) is 18.3. The van der Waals surface area contributed by atoms with Crippen LogP contribution in [0, 0.1) is 16.7 Å². The fourth-order valence-electron chi connectivity index (χ4n) is 5.44. The molecule has 7 heteroatoms. The van der Waals surface area contributed by atoms with E-state index in [9.17, 15) is 14.4 Å². The molecule has 1 saturated carbocycles. The molecule has 1 N–H and O–H groups in total. The fourth-order valence-corrected chi connectivity index (χ4v) is 6.17. The molecule has 6 nitrogen and oxygen atoms in total. The van der Waals surface area contributed by atoms with Crippen molar-refractivity contribution in [1.29, 1.82) is 0 Å². The largest absolute Gasteiger partial charge is 0.302 e. The number of aromatic nitrogens is 1. The minimum Gasteiger partial charge on any atom is -0.302 e. The Morgan fingerprint density at radius 1 is 1.03 bits per heavy atom. The number of likely N-dealkylation sites (tertiary alicyclic amines) is 1. The Kier molecular flexibility index (Phi) is 5.83. The summed E-state index contributed by atoms with van der Waals surface area (Å²) in [5.41, 5.74) is 3.14. The maximum Gasteiger partial charge on any atom is 0.235 e. The van der Waals surface area contributed by atoms with Gasteiger partial charge in [0, 0.05) is 29.8 Å². The van der Waals surface area contributed by atoms with Crippen LogP contribution >= 0.6 is 11.3 Å². The van der Waals surface area contributed by atoms with Crippen LogP contribution in [0.15, 0.2) is 60.0 Å². The highest BCUT2D eigenvalue weighted by molar-refractivity contribution is 7.14. The highest BCUT2D eigenvalue weighted by atomic mass is 32.1. The van der Waals surface area contributed by atoms with Crippen LogP contribution in [0.3, 0.4) is 0 Å². The molecule has 3 amide bonds. The van der Waals surface area contributed by atoms with E-state index in [1.807, 2.05) is 56.5 Å². The molecule has 0 spiro atoms. The average molecular weight is 488 g/mol. The first-order valence-corrected chi connectivity index (χ1v) is 12.9. The van der Waals surface area contributed by atoms with Gasteiger partial charge in [-0.2, -0.15) is 0 Å². The number of piperidine rings is 1. The van der Waals surface area contributed by atoms with Gasteiger partial charge in [-0.3, -0.25) is 19.3 Å². The average Bonchev–Trinajstić information content (AvgIpc) is 3.38. The minimum atomic E-state index is -0.553. The monoisotopic (exact) mass is 487 g/mol. The molecule has 1 aliphatic carbocycles.